The second-order valence-electron chi connectivity index (χ2n) is 4.94. The van der Waals surface area contributed by atoms with E-state index in [0.717, 1.165) is 22.3 Å². The highest BCUT2D eigenvalue weighted by atomic mass is 32.2. The molecular formula is C14H16N2O2S. The molecule has 3 rings (SSSR count). The van der Waals surface area contributed by atoms with Crippen LogP contribution in [-0.2, 0) is 9.84 Å². The van der Waals surface area contributed by atoms with Gasteiger partial charge in [-0.25, -0.2) is 8.42 Å². The van der Waals surface area contributed by atoms with E-state index in [1.165, 1.54) is 0 Å². The van der Waals surface area contributed by atoms with E-state index in [9.17, 15) is 8.42 Å². The zero-order valence-corrected chi connectivity index (χ0v) is 11.7. The zero-order chi connectivity index (χ0) is 13.5. The SMILES string of the molecule is Cc1cc(N2CCS(=O)(=O)CC2)c2ccccc2n1. The molecule has 1 aliphatic rings. The van der Waals surface area contributed by atoms with Gasteiger partial charge in [0.2, 0.25) is 0 Å². The number of benzene rings is 1. The molecule has 1 aromatic heterocycles. The lowest BCUT2D eigenvalue weighted by atomic mass is 10.1. The van der Waals surface area contributed by atoms with Crippen LogP contribution in [0.2, 0.25) is 0 Å². The number of hydrogen-bond donors (Lipinski definition) is 0. The average molecular weight is 276 g/mol. The predicted octanol–water partition coefficient (Wildman–Crippen LogP) is 1.78. The van der Waals surface area contributed by atoms with Crippen molar-refractivity contribution in [3.05, 3.63) is 36.0 Å². The Kier molecular flexibility index (Phi) is 2.93. The van der Waals surface area contributed by atoms with E-state index in [-0.39, 0.29) is 11.5 Å². The number of sulfone groups is 1. The topological polar surface area (TPSA) is 50.3 Å². The van der Waals surface area contributed by atoms with E-state index < -0.39 is 9.84 Å². The van der Waals surface area contributed by atoms with Crippen molar-refractivity contribution in [1.29, 1.82) is 0 Å². The molecule has 1 aliphatic heterocycles. The van der Waals surface area contributed by atoms with Crippen molar-refractivity contribution in [2.24, 2.45) is 0 Å². The first-order valence-electron chi connectivity index (χ1n) is 6.37. The first kappa shape index (κ1) is 12.4. The summed E-state index contributed by atoms with van der Waals surface area (Å²) < 4.78 is 23.0. The number of para-hydroxylation sites is 1. The van der Waals surface area contributed by atoms with Gasteiger partial charge >= 0.3 is 0 Å². The summed E-state index contributed by atoms with van der Waals surface area (Å²) in [5.74, 6) is 0.478. The summed E-state index contributed by atoms with van der Waals surface area (Å²) in [7, 11) is -2.84. The molecule has 4 nitrogen and oxygen atoms in total. The van der Waals surface area contributed by atoms with Crippen LogP contribution in [0.5, 0.6) is 0 Å². The molecule has 0 atom stereocenters. The van der Waals surface area contributed by atoms with Crippen molar-refractivity contribution in [3.8, 4) is 0 Å². The Balaban J connectivity index is 2.05. The molecule has 100 valence electrons. The summed E-state index contributed by atoms with van der Waals surface area (Å²) in [5, 5.41) is 1.09. The number of anilines is 1. The maximum absolute atomic E-state index is 11.5. The minimum absolute atomic E-state index is 0.239. The van der Waals surface area contributed by atoms with E-state index in [0.29, 0.717) is 13.1 Å². The van der Waals surface area contributed by atoms with Gasteiger partial charge in [0, 0.05) is 29.9 Å². The highest BCUT2D eigenvalue weighted by Crippen LogP contribution is 2.27. The molecule has 2 heterocycles. The number of rotatable bonds is 1. The van der Waals surface area contributed by atoms with Crippen LogP contribution in [0.3, 0.4) is 0 Å². The maximum atomic E-state index is 11.5. The molecule has 0 bridgehead atoms. The van der Waals surface area contributed by atoms with E-state index in [4.69, 9.17) is 0 Å². The second kappa shape index (κ2) is 4.49. The van der Waals surface area contributed by atoms with Crippen LogP contribution in [0.1, 0.15) is 5.69 Å². The van der Waals surface area contributed by atoms with Crippen LogP contribution in [0.15, 0.2) is 30.3 Å². The Labute approximate surface area is 113 Å². The largest absolute Gasteiger partial charge is 0.369 e. The monoisotopic (exact) mass is 276 g/mol. The van der Waals surface area contributed by atoms with Crippen LogP contribution in [0.4, 0.5) is 5.69 Å². The average Bonchev–Trinajstić information content (AvgIpc) is 2.38. The minimum Gasteiger partial charge on any atom is -0.369 e. The first-order valence-corrected chi connectivity index (χ1v) is 8.19. The summed E-state index contributed by atoms with van der Waals surface area (Å²) in [4.78, 5) is 6.67. The molecule has 1 saturated heterocycles. The van der Waals surface area contributed by atoms with Crippen LogP contribution < -0.4 is 4.90 Å². The lowest BCUT2D eigenvalue weighted by molar-refractivity contribution is 0.587. The molecule has 19 heavy (non-hydrogen) atoms. The third-order valence-corrected chi connectivity index (χ3v) is 5.12. The zero-order valence-electron chi connectivity index (χ0n) is 10.8. The van der Waals surface area contributed by atoms with Gasteiger partial charge in [-0.1, -0.05) is 18.2 Å². The number of pyridine rings is 1. The standard InChI is InChI=1S/C14H16N2O2S/c1-11-10-14(12-4-2-3-5-13(12)15-11)16-6-8-19(17,18)9-7-16/h2-5,10H,6-9H2,1H3. The summed E-state index contributed by atoms with van der Waals surface area (Å²) in [6, 6.07) is 10.0. The molecule has 0 N–H and O–H groups in total. The Morgan fingerprint density at radius 1 is 1.16 bits per heavy atom. The fraction of sp³-hybridized carbons (Fsp3) is 0.357. The van der Waals surface area contributed by atoms with Gasteiger partial charge in [-0.2, -0.15) is 0 Å². The number of aryl methyl sites for hydroxylation is 1. The number of nitrogens with zero attached hydrogens (tertiary/aromatic N) is 2. The Hall–Kier alpha value is -1.62. The fourth-order valence-corrected chi connectivity index (χ4v) is 3.70. The third-order valence-electron chi connectivity index (χ3n) is 3.51. The van der Waals surface area contributed by atoms with Crippen molar-refractivity contribution in [1.82, 2.24) is 4.98 Å². The number of aromatic nitrogens is 1. The van der Waals surface area contributed by atoms with E-state index in [2.05, 4.69) is 9.88 Å². The summed E-state index contributed by atoms with van der Waals surface area (Å²) in [5.41, 5.74) is 3.02. The predicted molar refractivity (Wildman–Crippen MR) is 77.3 cm³/mol. The van der Waals surface area contributed by atoms with Gasteiger partial charge in [0.25, 0.3) is 0 Å². The van der Waals surface area contributed by atoms with Crippen molar-refractivity contribution in [2.45, 2.75) is 6.92 Å². The normalized spacial score (nSPS) is 18.7. The highest BCUT2D eigenvalue weighted by Gasteiger charge is 2.23. The summed E-state index contributed by atoms with van der Waals surface area (Å²) in [6.07, 6.45) is 0. The second-order valence-corrected chi connectivity index (χ2v) is 7.24. The quantitative estimate of drug-likeness (QED) is 0.796. The van der Waals surface area contributed by atoms with Gasteiger partial charge in [0.1, 0.15) is 0 Å². The molecule has 1 fully saturated rings. The van der Waals surface area contributed by atoms with Gasteiger partial charge < -0.3 is 4.90 Å². The molecule has 0 amide bonds. The van der Waals surface area contributed by atoms with Crippen molar-refractivity contribution >= 4 is 26.4 Å². The minimum atomic E-state index is -2.84. The molecule has 0 spiro atoms. The lowest BCUT2D eigenvalue weighted by Gasteiger charge is -2.29. The maximum Gasteiger partial charge on any atom is 0.153 e. The van der Waals surface area contributed by atoms with Gasteiger partial charge in [-0.15, -0.1) is 0 Å². The summed E-state index contributed by atoms with van der Waals surface area (Å²) >= 11 is 0. The van der Waals surface area contributed by atoms with Gasteiger partial charge in [0.05, 0.1) is 17.0 Å². The highest BCUT2D eigenvalue weighted by molar-refractivity contribution is 7.91. The van der Waals surface area contributed by atoms with Crippen LogP contribution in [0.25, 0.3) is 10.9 Å². The number of fused-ring (bicyclic) bond motifs is 1. The summed E-state index contributed by atoms with van der Waals surface area (Å²) in [6.45, 7) is 3.10. The molecule has 0 saturated carbocycles. The Bertz CT molecular complexity index is 711. The molecule has 0 unspecified atom stereocenters. The molecule has 5 heteroatoms. The molecular weight excluding hydrogens is 260 g/mol. The lowest BCUT2D eigenvalue weighted by Crippen LogP contribution is -2.40. The van der Waals surface area contributed by atoms with Gasteiger partial charge in [-0.3, -0.25) is 4.98 Å². The van der Waals surface area contributed by atoms with Gasteiger partial charge in [-0.05, 0) is 19.1 Å². The van der Waals surface area contributed by atoms with Crippen LogP contribution in [0, 0.1) is 6.92 Å². The molecule has 2 aromatic rings. The molecule has 1 aromatic carbocycles. The van der Waals surface area contributed by atoms with E-state index >= 15 is 0 Å². The van der Waals surface area contributed by atoms with E-state index in [1.54, 1.807) is 0 Å². The number of hydrogen-bond acceptors (Lipinski definition) is 4. The van der Waals surface area contributed by atoms with Crippen molar-refractivity contribution < 1.29 is 8.42 Å². The molecule has 0 aliphatic carbocycles. The Morgan fingerprint density at radius 3 is 2.58 bits per heavy atom. The van der Waals surface area contributed by atoms with Crippen LogP contribution in [-0.4, -0.2) is 38.0 Å². The smallest absolute Gasteiger partial charge is 0.153 e. The van der Waals surface area contributed by atoms with Crippen molar-refractivity contribution in [2.75, 3.05) is 29.5 Å². The molecule has 0 radical (unpaired) electrons. The third kappa shape index (κ3) is 2.42. The van der Waals surface area contributed by atoms with Gasteiger partial charge in [0.15, 0.2) is 9.84 Å². The van der Waals surface area contributed by atoms with E-state index in [1.807, 2.05) is 37.3 Å². The Morgan fingerprint density at radius 2 is 1.84 bits per heavy atom. The fourth-order valence-electron chi connectivity index (χ4n) is 2.50. The van der Waals surface area contributed by atoms with Crippen LogP contribution >= 0.6 is 0 Å². The first-order chi connectivity index (χ1) is 9.05. The van der Waals surface area contributed by atoms with Crippen molar-refractivity contribution in [3.63, 3.8) is 0 Å².